The van der Waals surface area contributed by atoms with Crippen molar-refractivity contribution in [3.05, 3.63) is 0 Å². The van der Waals surface area contributed by atoms with Crippen LogP contribution in [0.1, 0.15) is 6.42 Å². The van der Waals surface area contributed by atoms with Crippen LogP contribution in [-0.2, 0) is 4.12 Å². The van der Waals surface area contributed by atoms with E-state index in [0.717, 1.165) is 18.2 Å². The Hall–Kier alpha value is 0.704. The largest absolute Gasteiger partial charge is 0.438 e. The van der Waals surface area contributed by atoms with E-state index >= 15 is 0 Å². The summed E-state index contributed by atoms with van der Waals surface area (Å²) in [6, 6.07) is 0.841. The zero-order chi connectivity index (χ0) is 8.91. The van der Waals surface area contributed by atoms with E-state index in [1.807, 2.05) is 0 Å². The van der Waals surface area contributed by atoms with Gasteiger partial charge in [0.05, 0.1) is 0 Å². The number of rotatable bonds is 5. The molecule has 0 radical (unpaired) electrons. The maximum absolute atomic E-state index is 9.43. The lowest BCUT2D eigenvalue weighted by Crippen LogP contribution is -2.34. The van der Waals surface area contributed by atoms with Crippen molar-refractivity contribution in [3.8, 4) is 0 Å². The maximum Gasteiger partial charge on any atom is 0.308 e. The van der Waals surface area contributed by atoms with Crippen LogP contribution < -0.4 is 0 Å². The summed E-state index contributed by atoms with van der Waals surface area (Å²) in [6.45, 7) is 6.30. The van der Waals surface area contributed by atoms with Crippen LogP contribution >= 0.6 is 12.6 Å². The summed E-state index contributed by atoms with van der Waals surface area (Å²) in [6.07, 6.45) is 0.973. The molecule has 0 rings (SSSR count). The molecule has 0 saturated heterocycles. The first-order valence-corrected chi connectivity index (χ1v) is 9.77. The first-order valence-electron chi connectivity index (χ1n) is 3.92. The van der Waals surface area contributed by atoms with Crippen molar-refractivity contribution in [1.82, 2.24) is 0 Å². The Morgan fingerprint density at radius 2 is 2.00 bits per heavy atom. The Labute approximate surface area is 77.4 Å². The van der Waals surface area contributed by atoms with Gasteiger partial charge in [-0.25, -0.2) is 0 Å². The standard InChI is InChI=1S/C6H18O2SSi2/c1-11(2,3)8-10(7)6-4-5-9/h7,9-10H,4-6H2,1-3H3. The highest BCUT2D eigenvalue weighted by atomic mass is 32.1. The van der Waals surface area contributed by atoms with Crippen molar-refractivity contribution < 1.29 is 8.91 Å². The minimum atomic E-state index is -1.83. The minimum Gasteiger partial charge on any atom is -0.438 e. The van der Waals surface area contributed by atoms with Crippen molar-refractivity contribution in [2.75, 3.05) is 5.75 Å². The molecule has 11 heavy (non-hydrogen) atoms. The lowest BCUT2D eigenvalue weighted by molar-refractivity contribution is 0.411. The van der Waals surface area contributed by atoms with E-state index < -0.39 is 17.6 Å². The van der Waals surface area contributed by atoms with Crippen molar-refractivity contribution in [3.63, 3.8) is 0 Å². The van der Waals surface area contributed by atoms with E-state index in [2.05, 4.69) is 32.3 Å². The predicted molar refractivity (Wildman–Crippen MR) is 57.1 cm³/mol. The molecule has 0 heterocycles. The van der Waals surface area contributed by atoms with Gasteiger partial charge in [-0.1, -0.05) is 0 Å². The van der Waals surface area contributed by atoms with Gasteiger partial charge < -0.3 is 8.91 Å². The van der Waals surface area contributed by atoms with Gasteiger partial charge in [-0.3, -0.25) is 0 Å². The molecule has 1 unspecified atom stereocenters. The van der Waals surface area contributed by atoms with Gasteiger partial charge in [0.25, 0.3) is 0 Å². The second-order valence-corrected chi connectivity index (χ2v) is 10.7. The second kappa shape index (κ2) is 5.37. The molecule has 0 aromatic heterocycles. The maximum atomic E-state index is 9.43. The summed E-state index contributed by atoms with van der Waals surface area (Å²) in [5, 5.41) is 0. The van der Waals surface area contributed by atoms with Crippen LogP contribution in [0, 0.1) is 0 Å². The monoisotopic (exact) mass is 210 g/mol. The van der Waals surface area contributed by atoms with Crippen LogP contribution in [0.2, 0.25) is 25.7 Å². The van der Waals surface area contributed by atoms with Crippen LogP contribution in [-0.4, -0.2) is 28.1 Å². The van der Waals surface area contributed by atoms with Gasteiger partial charge in [0, 0.05) is 0 Å². The summed E-state index contributed by atoms with van der Waals surface area (Å²) in [5.41, 5.74) is 0. The molecule has 0 aromatic carbocycles. The molecule has 0 amide bonds. The normalized spacial score (nSPS) is 15.0. The molecule has 0 aliphatic rings. The Morgan fingerprint density at radius 3 is 2.36 bits per heavy atom. The summed E-state index contributed by atoms with van der Waals surface area (Å²) < 4.78 is 5.54. The summed E-state index contributed by atoms with van der Waals surface area (Å²) in [5.74, 6) is 0.846. The Bertz CT molecular complexity index is 105. The average molecular weight is 210 g/mol. The highest BCUT2D eigenvalue weighted by molar-refractivity contribution is 7.80. The molecule has 0 bridgehead atoms. The third-order valence-corrected chi connectivity index (χ3v) is 6.23. The van der Waals surface area contributed by atoms with Gasteiger partial charge in [-0.05, 0) is 37.9 Å². The first kappa shape index (κ1) is 11.7. The predicted octanol–water partition coefficient (Wildman–Crippen LogP) is 1.37. The quantitative estimate of drug-likeness (QED) is 0.530. The number of hydrogen-bond acceptors (Lipinski definition) is 3. The minimum absolute atomic E-state index is 0.841. The summed E-state index contributed by atoms with van der Waals surface area (Å²) >= 11 is 4.07. The van der Waals surface area contributed by atoms with Crippen molar-refractivity contribution >= 4 is 30.2 Å². The van der Waals surface area contributed by atoms with E-state index in [-0.39, 0.29) is 0 Å². The van der Waals surface area contributed by atoms with Gasteiger partial charge in [-0.2, -0.15) is 12.6 Å². The Kier molecular flexibility index (Phi) is 5.71. The molecule has 2 nitrogen and oxygen atoms in total. The van der Waals surface area contributed by atoms with E-state index in [1.165, 1.54) is 0 Å². The fourth-order valence-corrected chi connectivity index (χ4v) is 5.55. The molecular weight excluding hydrogens is 192 g/mol. The van der Waals surface area contributed by atoms with Gasteiger partial charge in [0.2, 0.25) is 0 Å². The lowest BCUT2D eigenvalue weighted by Gasteiger charge is -2.21. The zero-order valence-corrected chi connectivity index (χ0v) is 10.6. The molecule has 68 valence electrons. The molecule has 0 spiro atoms. The van der Waals surface area contributed by atoms with Gasteiger partial charge >= 0.3 is 9.28 Å². The zero-order valence-electron chi connectivity index (χ0n) is 7.50. The van der Waals surface area contributed by atoms with Gasteiger partial charge in [0.1, 0.15) is 0 Å². The van der Waals surface area contributed by atoms with E-state index in [1.54, 1.807) is 0 Å². The van der Waals surface area contributed by atoms with Crippen LogP contribution in [0.25, 0.3) is 0 Å². The third-order valence-electron chi connectivity index (χ3n) is 1.10. The van der Waals surface area contributed by atoms with E-state index in [9.17, 15) is 4.80 Å². The van der Waals surface area contributed by atoms with Crippen LogP contribution in [0.15, 0.2) is 0 Å². The van der Waals surface area contributed by atoms with Crippen molar-refractivity contribution in [2.45, 2.75) is 32.1 Å². The van der Waals surface area contributed by atoms with Gasteiger partial charge in [-0.15, -0.1) is 0 Å². The van der Waals surface area contributed by atoms with Gasteiger partial charge in [0.15, 0.2) is 8.32 Å². The first-order chi connectivity index (χ1) is 4.95. The van der Waals surface area contributed by atoms with Crippen LogP contribution in [0.3, 0.4) is 0 Å². The van der Waals surface area contributed by atoms with Crippen LogP contribution in [0.5, 0.6) is 0 Å². The molecule has 5 heteroatoms. The molecule has 0 fully saturated rings. The topological polar surface area (TPSA) is 29.5 Å². The van der Waals surface area contributed by atoms with Crippen molar-refractivity contribution in [1.29, 1.82) is 0 Å². The van der Waals surface area contributed by atoms with Crippen LogP contribution in [0.4, 0.5) is 0 Å². The lowest BCUT2D eigenvalue weighted by atomic mass is 10.6. The fourth-order valence-electron chi connectivity index (χ4n) is 0.733. The smallest absolute Gasteiger partial charge is 0.308 e. The van der Waals surface area contributed by atoms with E-state index in [4.69, 9.17) is 4.12 Å². The molecular formula is C6H18O2SSi2. The molecule has 0 aliphatic carbocycles. The SMILES string of the molecule is C[Si](C)(C)O[SiH](O)CCCS. The van der Waals surface area contributed by atoms with Crippen molar-refractivity contribution in [2.24, 2.45) is 0 Å². The molecule has 0 saturated carbocycles. The Morgan fingerprint density at radius 1 is 1.45 bits per heavy atom. The molecule has 1 atom stereocenters. The fraction of sp³-hybridized carbons (Fsp3) is 1.00. The number of hydrogen-bond donors (Lipinski definition) is 2. The summed E-state index contributed by atoms with van der Waals surface area (Å²) in [4.78, 5) is 9.43. The molecule has 0 aromatic rings. The highest BCUT2D eigenvalue weighted by Crippen LogP contribution is 2.07. The number of thiol groups is 1. The summed E-state index contributed by atoms with van der Waals surface area (Å²) in [7, 11) is -3.32. The second-order valence-electron chi connectivity index (χ2n) is 3.55. The highest BCUT2D eigenvalue weighted by Gasteiger charge is 2.19. The van der Waals surface area contributed by atoms with E-state index in [0.29, 0.717) is 0 Å². The Balaban J connectivity index is 3.44. The molecule has 0 aliphatic heterocycles. The average Bonchev–Trinajstić information content (AvgIpc) is 1.79. The third kappa shape index (κ3) is 8.61. The molecule has 1 N–H and O–H groups in total.